The van der Waals surface area contributed by atoms with Gasteiger partial charge in [0.05, 0.1) is 25.9 Å². The van der Waals surface area contributed by atoms with Crippen LogP contribution in [0.2, 0.25) is 0 Å². The molecule has 0 spiro atoms. The number of aliphatic hydroxyl groups is 1. The van der Waals surface area contributed by atoms with Gasteiger partial charge >= 0.3 is 0 Å². The van der Waals surface area contributed by atoms with E-state index in [1.165, 1.54) is 38.5 Å². The van der Waals surface area contributed by atoms with Crippen LogP contribution in [0.5, 0.6) is 0 Å². The highest BCUT2D eigenvalue weighted by Crippen LogP contribution is 2.15. The number of aliphatic hydroxyl groups excluding tert-OH is 1. The van der Waals surface area contributed by atoms with Gasteiger partial charge in [0.25, 0.3) is 0 Å². The Labute approximate surface area is 124 Å². The lowest BCUT2D eigenvalue weighted by molar-refractivity contribution is -0.889. The lowest BCUT2D eigenvalue weighted by Crippen LogP contribution is -2.51. The zero-order valence-electron chi connectivity index (χ0n) is 13.2. The maximum atomic E-state index is 12.2. The molecule has 0 aromatic rings. The van der Waals surface area contributed by atoms with Gasteiger partial charge in [0.15, 0.2) is 0 Å². The first kappa shape index (κ1) is 17.9. The van der Waals surface area contributed by atoms with Crippen LogP contribution in [0.4, 0.5) is 0 Å². The molecule has 0 aromatic carbocycles. The number of unbranched alkanes of at least 4 members (excludes halogenated alkanes) is 6. The minimum atomic E-state index is -0.294. The first-order valence-electron chi connectivity index (χ1n) is 8.49. The van der Waals surface area contributed by atoms with Crippen molar-refractivity contribution in [2.75, 3.05) is 32.8 Å². The van der Waals surface area contributed by atoms with Gasteiger partial charge in [-0.15, -0.1) is 0 Å². The molecule has 0 radical (unpaired) electrons. The minimum absolute atomic E-state index is 0.173. The number of ether oxygens (including phenoxy) is 1. The van der Waals surface area contributed by atoms with Crippen LogP contribution >= 0.6 is 0 Å². The average molecular weight is 287 g/mol. The van der Waals surface area contributed by atoms with Crippen molar-refractivity contribution in [1.82, 2.24) is 0 Å². The Kier molecular flexibility index (Phi) is 9.44. The highest BCUT2D eigenvalue weighted by atomic mass is 16.6. The maximum Gasteiger partial charge on any atom is 0.102 e. The van der Waals surface area contributed by atoms with E-state index < -0.39 is 0 Å². The van der Waals surface area contributed by atoms with Crippen LogP contribution in [0.3, 0.4) is 0 Å². The van der Waals surface area contributed by atoms with Crippen molar-refractivity contribution in [1.29, 1.82) is 0 Å². The molecule has 1 unspecified atom stereocenters. The molecule has 0 saturated carbocycles. The Bertz CT molecular complexity index is 230. The third kappa shape index (κ3) is 8.20. The second-order valence-electron chi connectivity index (χ2n) is 6.19. The van der Waals surface area contributed by atoms with E-state index in [1.807, 2.05) is 0 Å². The summed E-state index contributed by atoms with van der Waals surface area (Å²) in [6.45, 7) is 5.00. The highest BCUT2D eigenvalue weighted by molar-refractivity contribution is 4.59. The van der Waals surface area contributed by atoms with Gasteiger partial charge in [0.2, 0.25) is 0 Å². The summed E-state index contributed by atoms with van der Waals surface area (Å²) in [5.74, 6) is 0. The van der Waals surface area contributed by atoms with Crippen molar-refractivity contribution >= 4 is 0 Å². The van der Waals surface area contributed by atoms with E-state index in [4.69, 9.17) is 4.74 Å². The monoisotopic (exact) mass is 287 g/mol. The van der Waals surface area contributed by atoms with Crippen LogP contribution in [-0.4, -0.2) is 48.7 Å². The zero-order valence-corrected chi connectivity index (χ0v) is 13.2. The smallest absolute Gasteiger partial charge is 0.102 e. The van der Waals surface area contributed by atoms with E-state index in [1.54, 1.807) is 0 Å². The molecule has 1 aliphatic rings. The lowest BCUT2D eigenvalue weighted by atomic mass is 10.0. The second-order valence-corrected chi connectivity index (χ2v) is 6.19. The minimum Gasteiger partial charge on any atom is -0.633 e. The average Bonchev–Trinajstić information content (AvgIpc) is 2.45. The van der Waals surface area contributed by atoms with Crippen molar-refractivity contribution in [3.8, 4) is 0 Å². The normalized spacial score (nSPS) is 19.9. The molecule has 1 rings (SSSR count). The fraction of sp³-hybridized carbons (Fsp3) is 1.00. The van der Waals surface area contributed by atoms with Gasteiger partial charge in [-0.25, -0.2) is 0 Å². The van der Waals surface area contributed by atoms with E-state index in [0.29, 0.717) is 39.3 Å². The van der Waals surface area contributed by atoms with Crippen LogP contribution in [0.25, 0.3) is 0 Å². The topological polar surface area (TPSA) is 52.5 Å². The Morgan fingerprint density at radius 2 is 1.60 bits per heavy atom. The summed E-state index contributed by atoms with van der Waals surface area (Å²) in [5, 5.41) is 22.2. The molecular formula is C16H33NO3. The van der Waals surface area contributed by atoms with E-state index in [0.717, 1.165) is 12.8 Å². The molecule has 0 amide bonds. The van der Waals surface area contributed by atoms with Crippen molar-refractivity contribution in [2.45, 2.75) is 70.8 Å². The first-order chi connectivity index (χ1) is 9.66. The van der Waals surface area contributed by atoms with Crippen LogP contribution in [0.1, 0.15) is 64.7 Å². The summed E-state index contributed by atoms with van der Waals surface area (Å²) in [4.78, 5) is 0. The van der Waals surface area contributed by atoms with Gasteiger partial charge in [-0.3, -0.25) is 0 Å². The number of morpholine rings is 1. The van der Waals surface area contributed by atoms with Crippen molar-refractivity contribution in [2.24, 2.45) is 0 Å². The van der Waals surface area contributed by atoms with Crippen LogP contribution < -0.4 is 0 Å². The third-order valence-corrected chi connectivity index (χ3v) is 4.30. The molecule has 4 nitrogen and oxygen atoms in total. The standard InChI is InChI=1S/C16H33NO3/c1-2-3-4-5-6-7-8-9-16(18)10-11-17(19)12-14-20-15-13-17/h16,18H,2-15H2,1H3. The van der Waals surface area contributed by atoms with Crippen molar-refractivity contribution < 1.29 is 14.5 Å². The molecule has 1 fully saturated rings. The Morgan fingerprint density at radius 3 is 2.25 bits per heavy atom. The van der Waals surface area contributed by atoms with E-state index in [2.05, 4.69) is 6.92 Å². The molecule has 1 N–H and O–H groups in total. The fourth-order valence-corrected chi connectivity index (χ4v) is 2.77. The number of quaternary nitrogens is 1. The van der Waals surface area contributed by atoms with Gasteiger partial charge in [-0.1, -0.05) is 51.9 Å². The van der Waals surface area contributed by atoms with E-state index in [-0.39, 0.29) is 10.8 Å². The SMILES string of the molecule is CCCCCCCCCC(O)CC[N+]1([O-])CCOCC1. The summed E-state index contributed by atoms with van der Waals surface area (Å²) in [5.41, 5.74) is 0. The third-order valence-electron chi connectivity index (χ3n) is 4.30. The van der Waals surface area contributed by atoms with E-state index >= 15 is 0 Å². The zero-order chi connectivity index (χ0) is 14.7. The van der Waals surface area contributed by atoms with Gasteiger partial charge in [-0.2, -0.15) is 0 Å². The number of nitrogens with zero attached hydrogens (tertiary/aromatic N) is 1. The Balaban J connectivity index is 1.96. The molecule has 0 bridgehead atoms. The molecule has 120 valence electrons. The molecule has 1 saturated heterocycles. The number of hydroxylamine groups is 3. The summed E-state index contributed by atoms with van der Waals surface area (Å²) in [7, 11) is 0. The maximum absolute atomic E-state index is 12.2. The van der Waals surface area contributed by atoms with Crippen molar-refractivity contribution in [3.63, 3.8) is 0 Å². The molecule has 20 heavy (non-hydrogen) atoms. The van der Waals surface area contributed by atoms with Gasteiger partial charge in [0.1, 0.15) is 13.1 Å². The second kappa shape index (κ2) is 10.6. The molecule has 0 aromatic heterocycles. The highest BCUT2D eigenvalue weighted by Gasteiger charge is 2.21. The molecule has 4 heteroatoms. The predicted octanol–water partition coefficient (Wildman–Crippen LogP) is 3.22. The van der Waals surface area contributed by atoms with Gasteiger partial charge in [0, 0.05) is 6.42 Å². The lowest BCUT2D eigenvalue weighted by Gasteiger charge is -2.45. The molecule has 0 aliphatic carbocycles. The molecule has 1 heterocycles. The molecule has 1 aliphatic heterocycles. The van der Waals surface area contributed by atoms with Gasteiger partial charge < -0.3 is 19.7 Å². The summed E-state index contributed by atoms with van der Waals surface area (Å²) in [6.07, 6.45) is 10.1. The van der Waals surface area contributed by atoms with Crippen molar-refractivity contribution in [3.05, 3.63) is 5.21 Å². The summed E-state index contributed by atoms with van der Waals surface area (Å²) in [6, 6.07) is 0. The largest absolute Gasteiger partial charge is 0.633 e. The summed E-state index contributed by atoms with van der Waals surface area (Å²) < 4.78 is 5.04. The number of rotatable bonds is 11. The van der Waals surface area contributed by atoms with Crippen LogP contribution in [0, 0.1) is 5.21 Å². The number of hydrogen-bond acceptors (Lipinski definition) is 3. The van der Waals surface area contributed by atoms with E-state index in [9.17, 15) is 10.3 Å². The predicted molar refractivity (Wildman–Crippen MR) is 82.3 cm³/mol. The van der Waals surface area contributed by atoms with Crippen LogP contribution in [-0.2, 0) is 4.74 Å². The quantitative estimate of drug-likeness (QED) is 0.360. The Hall–Kier alpha value is -0.160. The number of hydrogen-bond donors (Lipinski definition) is 1. The fourth-order valence-electron chi connectivity index (χ4n) is 2.77. The van der Waals surface area contributed by atoms with Crippen LogP contribution in [0.15, 0.2) is 0 Å². The van der Waals surface area contributed by atoms with Gasteiger partial charge in [-0.05, 0) is 6.42 Å². The summed E-state index contributed by atoms with van der Waals surface area (Å²) >= 11 is 0. The molecule has 1 atom stereocenters. The first-order valence-corrected chi connectivity index (χ1v) is 8.49. The molecular weight excluding hydrogens is 254 g/mol. The Morgan fingerprint density at radius 1 is 1.00 bits per heavy atom.